The van der Waals surface area contributed by atoms with Gasteiger partial charge in [0.25, 0.3) is 0 Å². The summed E-state index contributed by atoms with van der Waals surface area (Å²) >= 11 is 0. The Hall–Kier alpha value is -5.46. The van der Waals surface area contributed by atoms with Crippen LogP contribution in [0.2, 0.25) is 0 Å². The van der Waals surface area contributed by atoms with Crippen molar-refractivity contribution < 1.29 is 81.6 Å². The summed E-state index contributed by atoms with van der Waals surface area (Å²) in [5, 5.41) is 23.0. The summed E-state index contributed by atoms with van der Waals surface area (Å²) in [5.41, 5.74) is 1.31. The van der Waals surface area contributed by atoms with Crippen molar-refractivity contribution in [3.63, 3.8) is 0 Å². The highest BCUT2D eigenvalue weighted by Crippen LogP contribution is 2.40. The Morgan fingerprint density at radius 2 is 1.16 bits per heavy atom. The molecule has 2 fully saturated rings. The molecule has 296 valence electrons. The summed E-state index contributed by atoms with van der Waals surface area (Å²) in [5.74, 6) is -7.86. The maximum absolute atomic E-state index is 13.3. The third-order valence-electron chi connectivity index (χ3n) is 8.00. The van der Waals surface area contributed by atoms with Gasteiger partial charge in [-0.15, -0.1) is 0 Å². The van der Waals surface area contributed by atoms with E-state index in [2.05, 4.69) is 0 Å². The molecule has 0 spiro atoms. The number of aliphatic hydroxyl groups excluding tert-OH is 2. The Kier molecular flexibility index (Phi) is 15.2. The monoisotopic (exact) mass is 770 g/mol. The highest BCUT2D eigenvalue weighted by Gasteiger charge is 2.63. The predicted molar refractivity (Wildman–Crippen MR) is 186 cm³/mol. The highest BCUT2D eigenvalue weighted by atomic mass is 16.8. The van der Waals surface area contributed by atoms with E-state index in [1.165, 1.54) is 12.2 Å². The molecule has 2 aromatic carbocycles. The van der Waals surface area contributed by atoms with Crippen molar-refractivity contribution in [1.29, 1.82) is 0 Å². The van der Waals surface area contributed by atoms with Crippen LogP contribution in [-0.2, 0) is 71.4 Å². The zero-order valence-electron chi connectivity index (χ0n) is 30.3. The molecular weight excluding hydrogens is 728 g/mol. The third kappa shape index (κ3) is 12.3. The first-order valence-electron chi connectivity index (χ1n) is 17.0. The molecule has 2 heterocycles. The fourth-order valence-corrected chi connectivity index (χ4v) is 5.60. The van der Waals surface area contributed by atoms with Crippen LogP contribution in [0.4, 0.5) is 0 Å². The largest absolute Gasteiger partial charge is 0.463 e. The number of carbonyl (C=O) groups excluding carboxylic acids is 6. The van der Waals surface area contributed by atoms with Gasteiger partial charge in [0.1, 0.15) is 44.2 Å². The van der Waals surface area contributed by atoms with Crippen molar-refractivity contribution in [1.82, 2.24) is 0 Å². The summed E-state index contributed by atoms with van der Waals surface area (Å²) in [6.45, 7) is 2.01. The molecule has 0 bridgehead atoms. The first-order chi connectivity index (χ1) is 26.2. The van der Waals surface area contributed by atoms with Gasteiger partial charge in [0, 0.05) is 39.8 Å². The van der Waals surface area contributed by atoms with Crippen LogP contribution >= 0.6 is 0 Å². The van der Waals surface area contributed by atoms with E-state index in [0.717, 1.165) is 39.8 Å². The fourth-order valence-electron chi connectivity index (χ4n) is 5.60. The van der Waals surface area contributed by atoms with Gasteiger partial charge >= 0.3 is 35.8 Å². The topological polar surface area (TPSA) is 226 Å². The Morgan fingerprint density at radius 3 is 1.71 bits per heavy atom. The van der Waals surface area contributed by atoms with Gasteiger partial charge in [-0.3, -0.25) is 19.2 Å². The molecule has 0 radical (unpaired) electrons. The van der Waals surface area contributed by atoms with Crippen LogP contribution in [0.15, 0.2) is 72.8 Å². The van der Waals surface area contributed by atoms with Crippen LogP contribution in [0.3, 0.4) is 0 Å². The van der Waals surface area contributed by atoms with E-state index < -0.39 is 110 Å². The first kappa shape index (κ1) is 42.3. The van der Waals surface area contributed by atoms with E-state index in [9.17, 15) is 39.0 Å². The number of carbonyl (C=O) groups is 6. The Labute approximate surface area is 315 Å². The average Bonchev–Trinajstić information content (AvgIpc) is 3.39. The highest BCUT2D eigenvalue weighted by molar-refractivity contribution is 5.87. The van der Waals surface area contributed by atoms with Crippen LogP contribution in [0.5, 0.6) is 0 Å². The van der Waals surface area contributed by atoms with Crippen molar-refractivity contribution in [2.45, 2.75) is 82.5 Å². The van der Waals surface area contributed by atoms with Crippen LogP contribution in [0.1, 0.15) is 38.8 Å². The minimum atomic E-state index is -2.53. The number of aliphatic hydroxyl groups is 2. The number of rotatable bonds is 15. The van der Waals surface area contributed by atoms with Crippen molar-refractivity contribution >= 4 is 48.0 Å². The second kappa shape index (κ2) is 19.7. The Morgan fingerprint density at radius 1 is 0.636 bits per heavy atom. The molecule has 9 atom stereocenters. The zero-order chi connectivity index (χ0) is 40.1. The summed E-state index contributed by atoms with van der Waals surface area (Å²) < 4.78 is 50.1. The average molecular weight is 771 g/mol. The van der Waals surface area contributed by atoms with E-state index >= 15 is 0 Å². The lowest BCUT2D eigenvalue weighted by atomic mass is 9.98. The van der Waals surface area contributed by atoms with Crippen LogP contribution in [0, 0.1) is 0 Å². The molecule has 0 unspecified atom stereocenters. The SMILES string of the molecule is CC(=O)OC[C@H]1O[C@H](O[C@@]2(COC(C)=O)O[C@H](COC(=O)/C=C/c3ccccc3)[C@@H](O)[C@@H]2OC(=O)/C=C/c2ccccc2)[C@H](OC(C)=O)[C@@H](O)[C@@H]1OC(C)=O. The number of benzene rings is 2. The molecule has 17 heteroatoms. The molecule has 2 aliphatic rings. The fraction of sp³-hybridized carbons (Fsp3) is 0.421. The quantitative estimate of drug-likeness (QED) is 0.148. The van der Waals surface area contributed by atoms with Gasteiger partial charge in [0.05, 0.1) is 0 Å². The van der Waals surface area contributed by atoms with Crippen LogP contribution < -0.4 is 0 Å². The van der Waals surface area contributed by atoms with Crippen LogP contribution in [-0.4, -0.2) is 121 Å². The second-order valence-corrected chi connectivity index (χ2v) is 12.3. The molecule has 2 aromatic rings. The van der Waals surface area contributed by atoms with Crippen molar-refractivity contribution in [2.24, 2.45) is 0 Å². The summed E-state index contributed by atoms with van der Waals surface area (Å²) in [7, 11) is 0. The second-order valence-electron chi connectivity index (χ2n) is 12.3. The molecule has 17 nitrogen and oxygen atoms in total. The van der Waals surface area contributed by atoms with E-state index in [4.69, 9.17) is 42.6 Å². The summed E-state index contributed by atoms with van der Waals surface area (Å²) in [4.78, 5) is 74.1. The Bertz CT molecular complexity index is 1710. The minimum absolute atomic E-state index is 0.602. The number of hydrogen-bond donors (Lipinski definition) is 2. The van der Waals surface area contributed by atoms with Gasteiger partial charge in [-0.05, 0) is 23.3 Å². The molecular formula is C38H42O17. The molecule has 0 aromatic heterocycles. The van der Waals surface area contributed by atoms with Gasteiger partial charge in [-0.2, -0.15) is 0 Å². The van der Waals surface area contributed by atoms with Gasteiger partial charge in [-0.1, -0.05) is 60.7 Å². The van der Waals surface area contributed by atoms with E-state index in [0.29, 0.717) is 11.1 Å². The summed E-state index contributed by atoms with van der Waals surface area (Å²) in [6, 6.07) is 17.5. The lowest BCUT2D eigenvalue weighted by Crippen LogP contribution is -2.65. The molecule has 55 heavy (non-hydrogen) atoms. The van der Waals surface area contributed by atoms with E-state index in [-0.39, 0.29) is 0 Å². The number of hydrogen-bond acceptors (Lipinski definition) is 17. The number of ether oxygens (including phenoxy) is 9. The maximum Gasteiger partial charge on any atom is 0.331 e. The smallest absolute Gasteiger partial charge is 0.331 e. The Balaban J connectivity index is 1.71. The molecule has 2 aliphatic heterocycles. The van der Waals surface area contributed by atoms with Crippen LogP contribution in [0.25, 0.3) is 12.2 Å². The first-order valence-corrected chi connectivity index (χ1v) is 17.0. The number of esters is 6. The van der Waals surface area contributed by atoms with Crippen molar-refractivity contribution in [3.05, 3.63) is 83.9 Å². The van der Waals surface area contributed by atoms with E-state index in [1.54, 1.807) is 60.7 Å². The molecule has 0 aliphatic carbocycles. The van der Waals surface area contributed by atoms with Gasteiger partial charge in [-0.25, -0.2) is 9.59 Å². The van der Waals surface area contributed by atoms with E-state index in [1.807, 2.05) is 0 Å². The van der Waals surface area contributed by atoms with Crippen molar-refractivity contribution in [3.8, 4) is 0 Å². The van der Waals surface area contributed by atoms with Gasteiger partial charge < -0.3 is 52.8 Å². The third-order valence-corrected chi connectivity index (χ3v) is 8.00. The lowest BCUT2D eigenvalue weighted by Gasteiger charge is -2.45. The van der Waals surface area contributed by atoms with Gasteiger partial charge in [0.15, 0.2) is 18.3 Å². The molecule has 2 saturated heterocycles. The normalized spacial score (nSPS) is 27.6. The predicted octanol–water partition coefficient (Wildman–Crippen LogP) is 1.42. The maximum atomic E-state index is 13.3. The molecule has 0 amide bonds. The molecule has 2 N–H and O–H groups in total. The lowest BCUT2D eigenvalue weighted by molar-refractivity contribution is -0.384. The standard InChI is InChI=1S/C38H42O17/c1-22(39)47-20-29-34(50-24(3)41)33(46)35(51-25(4)42)37(52-29)55-38(21-49-23(2)40)36(53-31(44)18-16-27-13-9-6-10-14-27)32(45)28(54-38)19-48-30(43)17-15-26-11-7-5-8-12-26/h5-18,28-29,32-37,45-46H,19-21H2,1-4H3/b17-15+,18-16+/t28-,29-,32-,33+,34-,35-,36+,37-,38-/m1/s1. The summed E-state index contributed by atoms with van der Waals surface area (Å²) in [6.07, 6.45) is -8.86. The van der Waals surface area contributed by atoms with Gasteiger partial charge in [0.2, 0.25) is 12.1 Å². The minimum Gasteiger partial charge on any atom is -0.463 e. The zero-order valence-corrected chi connectivity index (χ0v) is 30.3. The van der Waals surface area contributed by atoms with Crippen molar-refractivity contribution in [2.75, 3.05) is 19.8 Å². The molecule has 4 rings (SSSR count). The molecule has 0 saturated carbocycles.